The number of anilines is 3. The Morgan fingerprint density at radius 2 is 1.97 bits per heavy atom. The predicted octanol–water partition coefficient (Wildman–Crippen LogP) is 4.95. The summed E-state index contributed by atoms with van der Waals surface area (Å²) >= 11 is 0. The molecule has 1 aromatic heterocycles. The Morgan fingerprint density at radius 1 is 1.12 bits per heavy atom. The van der Waals surface area contributed by atoms with Gasteiger partial charge < -0.3 is 20.3 Å². The molecule has 0 atom stereocenters. The van der Waals surface area contributed by atoms with Gasteiger partial charge in [0.05, 0.1) is 17.4 Å². The third kappa shape index (κ3) is 3.57. The van der Waals surface area contributed by atoms with Gasteiger partial charge in [0.25, 0.3) is 0 Å². The van der Waals surface area contributed by atoms with Crippen molar-refractivity contribution in [2.45, 2.75) is 51.2 Å². The van der Waals surface area contributed by atoms with Crippen molar-refractivity contribution in [3.63, 3.8) is 0 Å². The van der Waals surface area contributed by atoms with Gasteiger partial charge in [-0.2, -0.15) is 0 Å². The molecule has 176 valence electrons. The highest BCUT2D eigenvalue weighted by molar-refractivity contribution is 5.74. The van der Waals surface area contributed by atoms with E-state index in [0.29, 0.717) is 17.9 Å². The average molecular weight is 464 g/mol. The highest BCUT2D eigenvalue weighted by Crippen LogP contribution is 2.52. The molecule has 0 amide bonds. The smallest absolute Gasteiger partial charge is 0.227 e. The van der Waals surface area contributed by atoms with Crippen molar-refractivity contribution in [3.8, 4) is 17.0 Å². The quantitative estimate of drug-likeness (QED) is 0.571. The van der Waals surface area contributed by atoms with Gasteiger partial charge in [0.2, 0.25) is 5.95 Å². The zero-order valence-corrected chi connectivity index (χ0v) is 19.3. The lowest BCUT2D eigenvalue weighted by molar-refractivity contribution is 0.234. The molecule has 0 bridgehead atoms. The van der Waals surface area contributed by atoms with Crippen LogP contribution >= 0.6 is 0 Å². The summed E-state index contributed by atoms with van der Waals surface area (Å²) in [5, 5.41) is 6.54. The molecular weight excluding hydrogens is 436 g/mol. The molecule has 3 heterocycles. The van der Waals surface area contributed by atoms with E-state index in [1.165, 1.54) is 17.2 Å². The summed E-state index contributed by atoms with van der Waals surface area (Å²) in [6.45, 7) is 6.44. The van der Waals surface area contributed by atoms with Crippen LogP contribution in [0.5, 0.6) is 5.75 Å². The van der Waals surface area contributed by atoms with Crippen LogP contribution < -0.4 is 20.3 Å². The van der Waals surface area contributed by atoms with E-state index < -0.39 is 11.6 Å². The molecule has 2 aliphatic heterocycles. The summed E-state index contributed by atoms with van der Waals surface area (Å²) in [7, 11) is 0. The lowest BCUT2D eigenvalue weighted by atomic mass is 10.0. The van der Waals surface area contributed by atoms with Crippen LogP contribution in [0.25, 0.3) is 11.3 Å². The predicted molar refractivity (Wildman–Crippen MR) is 128 cm³/mol. The Kier molecular flexibility index (Phi) is 4.95. The molecule has 6 nitrogen and oxygen atoms in total. The Bertz CT molecular complexity index is 1270. The Hall–Kier alpha value is -3.26. The summed E-state index contributed by atoms with van der Waals surface area (Å²) in [4.78, 5) is 10.8. The molecule has 0 saturated heterocycles. The normalized spacial score (nSPS) is 17.9. The van der Waals surface area contributed by atoms with Gasteiger partial charge in [-0.15, -0.1) is 0 Å². The van der Waals surface area contributed by atoms with E-state index >= 15 is 4.39 Å². The lowest BCUT2D eigenvalue weighted by Crippen LogP contribution is -2.49. The van der Waals surface area contributed by atoms with Crippen LogP contribution in [0.15, 0.2) is 36.5 Å². The van der Waals surface area contributed by atoms with Crippen molar-refractivity contribution < 1.29 is 13.5 Å². The van der Waals surface area contributed by atoms with Crippen LogP contribution in [0.3, 0.4) is 0 Å². The molecule has 3 aliphatic rings. The fourth-order valence-electron chi connectivity index (χ4n) is 5.24. The zero-order chi connectivity index (χ0) is 23.4. The minimum atomic E-state index is -0.602. The minimum absolute atomic E-state index is 0.0560. The Morgan fingerprint density at radius 3 is 2.76 bits per heavy atom. The zero-order valence-electron chi connectivity index (χ0n) is 19.3. The fraction of sp³-hybridized carbons (Fsp3) is 0.385. The first-order chi connectivity index (χ1) is 16.4. The van der Waals surface area contributed by atoms with Crippen molar-refractivity contribution >= 4 is 17.3 Å². The second kappa shape index (κ2) is 7.91. The van der Waals surface area contributed by atoms with E-state index in [1.54, 1.807) is 6.07 Å². The van der Waals surface area contributed by atoms with Crippen molar-refractivity contribution in [1.82, 2.24) is 15.3 Å². The number of benzene rings is 2. The average Bonchev–Trinajstić information content (AvgIpc) is 3.59. The van der Waals surface area contributed by atoms with Gasteiger partial charge in [-0.05, 0) is 75.0 Å². The summed E-state index contributed by atoms with van der Waals surface area (Å²) in [6, 6.07) is 9.35. The number of nitrogens with zero attached hydrogens (tertiary/aromatic N) is 3. The maximum Gasteiger partial charge on any atom is 0.227 e. The second-order valence-electron chi connectivity index (χ2n) is 9.71. The van der Waals surface area contributed by atoms with Crippen LogP contribution in [0.2, 0.25) is 0 Å². The summed E-state index contributed by atoms with van der Waals surface area (Å²) in [5.41, 5.74) is 4.36. The third-order valence-electron chi connectivity index (χ3n) is 6.99. The van der Waals surface area contributed by atoms with Gasteiger partial charge in [0.15, 0.2) is 17.4 Å². The lowest BCUT2D eigenvalue weighted by Gasteiger charge is -2.42. The second-order valence-corrected chi connectivity index (χ2v) is 9.71. The van der Waals surface area contributed by atoms with Crippen LogP contribution in [-0.2, 0) is 13.0 Å². The molecule has 8 heteroatoms. The van der Waals surface area contributed by atoms with E-state index in [1.807, 2.05) is 6.07 Å². The number of halogens is 2. The van der Waals surface area contributed by atoms with Gasteiger partial charge in [-0.3, -0.25) is 0 Å². The first-order valence-corrected chi connectivity index (χ1v) is 11.8. The Balaban J connectivity index is 1.36. The topological polar surface area (TPSA) is 62.3 Å². The first kappa shape index (κ1) is 21.3. The Labute approximate surface area is 197 Å². The molecular formula is C26H27F2N5O. The van der Waals surface area contributed by atoms with Gasteiger partial charge in [0, 0.05) is 23.8 Å². The van der Waals surface area contributed by atoms with Crippen LogP contribution in [0.1, 0.15) is 37.8 Å². The SMILES string of the molecule is CC(C)N1c2cc(-c3nc(Nc4ccc5c(c4)CCNC5)ncc3F)cc(F)c2OCC12CC2. The molecule has 3 aromatic rings. The van der Waals surface area contributed by atoms with E-state index in [4.69, 9.17) is 4.74 Å². The van der Waals surface area contributed by atoms with Gasteiger partial charge in [-0.25, -0.2) is 18.7 Å². The molecule has 1 aliphatic carbocycles. The molecule has 2 aromatic carbocycles. The number of fused-ring (bicyclic) bond motifs is 2. The number of rotatable bonds is 4. The van der Waals surface area contributed by atoms with Crippen molar-refractivity contribution in [2.75, 3.05) is 23.4 Å². The molecule has 1 saturated carbocycles. The summed E-state index contributed by atoms with van der Waals surface area (Å²) in [6.07, 6.45) is 4.08. The van der Waals surface area contributed by atoms with Gasteiger partial charge in [-0.1, -0.05) is 6.07 Å². The number of hydrogen-bond donors (Lipinski definition) is 2. The molecule has 34 heavy (non-hydrogen) atoms. The summed E-state index contributed by atoms with van der Waals surface area (Å²) in [5.74, 6) is -0.620. The van der Waals surface area contributed by atoms with Crippen LogP contribution in [0, 0.1) is 11.6 Å². The van der Waals surface area contributed by atoms with E-state index in [-0.39, 0.29) is 29.0 Å². The maximum absolute atomic E-state index is 15.1. The monoisotopic (exact) mass is 463 g/mol. The fourth-order valence-corrected chi connectivity index (χ4v) is 5.24. The minimum Gasteiger partial charge on any atom is -0.486 e. The van der Waals surface area contributed by atoms with E-state index in [0.717, 1.165) is 44.2 Å². The first-order valence-electron chi connectivity index (χ1n) is 11.8. The maximum atomic E-state index is 15.1. The number of nitrogens with one attached hydrogen (secondary N) is 2. The third-order valence-corrected chi connectivity index (χ3v) is 6.99. The van der Waals surface area contributed by atoms with Crippen LogP contribution in [-0.4, -0.2) is 34.7 Å². The van der Waals surface area contributed by atoms with E-state index in [9.17, 15) is 4.39 Å². The molecule has 0 unspecified atom stereocenters. The molecule has 6 rings (SSSR count). The van der Waals surface area contributed by atoms with Crippen LogP contribution in [0.4, 0.5) is 26.1 Å². The molecule has 1 spiro atoms. The van der Waals surface area contributed by atoms with Crippen molar-refractivity contribution in [2.24, 2.45) is 0 Å². The molecule has 2 N–H and O–H groups in total. The van der Waals surface area contributed by atoms with Gasteiger partial charge in [0.1, 0.15) is 12.3 Å². The summed E-state index contributed by atoms with van der Waals surface area (Å²) < 4.78 is 35.8. The van der Waals surface area contributed by atoms with Crippen molar-refractivity contribution in [3.05, 3.63) is 59.3 Å². The molecule has 0 radical (unpaired) electrons. The standard InChI is InChI=1S/C26H27F2N5O/c1-15(2)33-22-11-18(10-20(27)24(22)34-14-26(33)6-7-26)23-21(28)13-30-25(32-23)31-19-4-3-17-12-29-8-5-16(17)9-19/h3-4,9-11,13,15,29H,5-8,12,14H2,1-2H3,(H,30,31,32). The highest BCUT2D eigenvalue weighted by Gasteiger charge is 2.53. The highest BCUT2D eigenvalue weighted by atomic mass is 19.1. The van der Waals surface area contributed by atoms with E-state index in [2.05, 4.69) is 51.5 Å². The number of ether oxygens (including phenoxy) is 1. The van der Waals surface area contributed by atoms with Crippen molar-refractivity contribution in [1.29, 1.82) is 0 Å². The number of aromatic nitrogens is 2. The molecule has 1 fully saturated rings. The largest absolute Gasteiger partial charge is 0.486 e. The van der Waals surface area contributed by atoms with Gasteiger partial charge >= 0.3 is 0 Å². The number of hydrogen-bond acceptors (Lipinski definition) is 6.